The number of thiocarbonyl (C=S) groups is 1. The predicted octanol–water partition coefficient (Wildman–Crippen LogP) is 0.916. The molecule has 1 aromatic rings. The summed E-state index contributed by atoms with van der Waals surface area (Å²) < 4.78 is 44.2. The summed E-state index contributed by atoms with van der Waals surface area (Å²) in [5, 5.41) is 0. The molecule has 1 rings (SSSR count). The van der Waals surface area contributed by atoms with E-state index in [9.17, 15) is 12.8 Å². The first kappa shape index (κ1) is 17.0. The van der Waals surface area contributed by atoms with Crippen molar-refractivity contribution in [2.24, 2.45) is 5.73 Å². The van der Waals surface area contributed by atoms with Crippen LogP contribution in [0.5, 0.6) is 0 Å². The molecule has 0 amide bonds. The van der Waals surface area contributed by atoms with Gasteiger partial charge in [-0.15, -0.1) is 0 Å². The monoisotopic (exact) mass is 320 g/mol. The molecule has 0 unspecified atom stereocenters. The molecule has 20 heavy (non-hydrogen) atoms. The van der Waals surface area contributed by atoms with Crippen molar-refractivity contribution in [3.8, 4) is 0 Å². The third-order valence-electron chi connectivity index (χ3n) is 2.52. The number of hydrogen-bond donors (Lipinski definition) is 2. The number of hydrogen-bond acceptors (Lipinski definition) is 4. The van der Waals surface area contributed by atoms with E-state index in [1.165, 1.54) is 12.1 Å². The number of benzene rings is 1. The van der Waals surface area contributed by atoms with Crippen LogP contribution in [0, 0.1) is 5.82 Å². The van der Waals surface area contributed by atoms with E-state index in [1.807, 2.05) is 0 Å². The summed E-state index contributed by atoms with van der Waals surface area (Å²) in [7, 11) is -3.49. The van der Waals surface area contributed by atoms with E-state index in [1.54, 1.807) is 13.0 Å². The molecule has 0 radical (unpaired) electrons. The minimum Gasteiger partial charge on any atom is -0.389 e. The molecule has 0 spiro atoms. The Morgan fingerprint density at radius 3 is 2.75 bits per heavy atom. The van der Waals surface area contributed by atoms with E-state index in [4.69, 9.17) is 22.7 Å². The van der Waals surface area contributed by atoms with Crippen LogP contribution in [0.15, 0.2) is 18.2 Å². The quantitative estimate of drug-likeness (QED) is 0.550. The maximum atomic E-state index is 13.7. The van der Waals surface area contributed by atoms with Crippen molar-refractivity contribution in [2.75, 3.05) is 19.0 Å². The van der Waals surface area contributed by atoms with Crippen molar-refractivity contribution < 1.29 is 17.5 Å². The molecular weight excluding hydrogens is 303 g/mol. The van der Waals surface area contributed by atoms with Gasteiger partial charge in [-0.2, -0.15) is 0 Å². The van der Waals surface area contributed by atoms with Crippen molar-refractivity contribution >= 4 is 27.2 Å². The summed E-state index contributed by atoms with van der Waals surface area (Å²) in [6.07, 6.45) is 0. The maximum absolute atomic E-state index is 13.7. The van der Waals surface area contributed by atoms with E-state index >= 15 is 0 Å². The molecule has 0 saturated heterocycles. The fraction of sp³-hybridized carbons (Fsp3) is 0.417. The van der Waals surface area contributed by atoms with Crippen molar-refractivity contribution in [1.82, 2.24) is 4.72 Å². The van der Waals surface area contributed by atoms with Crippen LogP contribution in [0.2, 0.25) is 0 Å². The largest absolute Gasteiger partial charge is 0.389 e. The molecule has 0 saturated carbocycles. The zero-order valence-electron chi connectivity index (χ0n) is 11.1. The van der Waals surface area contributed by atoms with E-state index in [2.05, 4.69) is 4.72 Å². The summed E-state index contributed by atoms with van der Waals surface area (Å²) >= 11 is 4.73. The number of nitrogens with one attached hydrogen (secondary N) is 1. The first-order valence-electron chi connectivity index (χ1n) is 5.99. The lowest BCUT2D eigenvalue weighted by molar-refractivity contribution is 0.163. The molecule has 8 heteroatoms. The Morgan fingerprint density at radius 1 is 1.50 bits per heavy atom. The fourth-order valence-electron chi connectivity index (χ4n) is 1.42. The van der Waals surface area contributed by atoms with Gasteiger partial charge in [-0.1, -0.05) is 24.4 Å². The van der Waals surface area contributed by atoms with Crippen LogP contribution in [0.25, 0.3) is 0 Å². The van der Waals surface area contributed by atoms with Crippen LogP contribution >= 0.6 is 12.2 Å². The lowest BCUT2D eigenvalue weighted by Crippen LogP contribution is -2.28. The first-order valence-corrected chi connectivity index (χ1v) is 8.05. The summed E-state index contributed by atoms with van der Waals surface area (Å²) in [4.78, 5) is 0.0905. The van der Waals surface area contributed by atoms with Gasteiger partial charge < -0.3 is 10.5 Å². The highest BCUT2D eigenvalue weighted by atomic mass is 32.2. The molecule has 112 valence electrons. The zero-order valence-corrected chi connectivity index (χ0v) is 12.7. The average Bonchev–Trinajstić information content (AvgIpc) is 2.37. The van der Waals surface area contributed by atoms with Crippen molar-refractivity contribution in [2.45, 2.75) is 13.5 Å². The molecule has 0 aliphatic carbocycles. The second-order valence-electron chi connectivity index (χ2n) is 4.01. The lowest BCUT2D eigenvalue weighted by Gasteiger charge is -2.08. The number of halogens is 1. The van der Waals surface area contributed by atoms with Crippen LogP contribution in [0.1, 0.15) is 18.1 Å². The van der Waals surface area contributed by atoms with Crippen LogP contribution in [-0.2, 0) is 21.3 Å². The third kappa shape index (κ3) is 5.49. The molecule has 3 N–H and O–H groups in total. The summed E-state index contributed by atoms with van der Waals surface area (Å²) in [6, 6.07) is 4.19. The van der Waals surface area contributed by atoms with Crippen LogP contribution in [-0.4, -0.2) is 32.4 Å². The Balaban J connectivity index is 2.63. The fourth-order valence-corrected chi connectivity index (χ4v) is 2.40. The Morgan fingerprint density at radius 2 is 2.20 bits per heavy atom. The number of sulfonamides is 1. The standard InChI is InChI=1S/C12H17FN2O3S2/c1-2-18-5-6-20(16,17)15-8-10-4-3-9(12(14)19)7-11(10)13/h3-4,7,15H,2,5-6,8H2,1H3,(H2,14,19). The number of rotatable bonds is 8. The molecule has 0 aliphatic rings. The summed E-state index contributed by atoms with van der Waals surface area (Å²) in [6.45, 7) is 2.20. The Bertz CT molecular complexity index is 576. The second-order valence-corrected chi connectivity index (χ2v) is 6.37. The van der Waals surface area contributed by atoms with Gasteiger partial charge in [0, 0.05) is 24.3 Å². The number of nitrogens with two attached hydrogens (primary N) is 1. The van der Waals surface area contributed by atoms with Crippen LogP contribution in [0.3, 0.4) is 0 Å². The Hall–Kier alpha value is -1.09. The van der Waals surface area contributed by atoms with Crippen molar-refractivity contribution in [3.63, 3.8) is 0 Å². The van der Waals surface area contributed by atoms with Gasteiger partial charge in [0.25, 0.3) is 0 Å². The summed E-state index contributed by atoms with van der Waals surface area (Å²) in [5.74, 6) is -0.712. The molecular formula is C12H17FN2O3S2. The van der Waals surface area contributed by atoms with Crippen molar-refractivity contribution in [1.29, 1.82) is 0 Å². The summed E-state index contributed by atoms with van der Waals surface area (Å²) in [5.41, 5.74) is 6.01. The predicted molar refractivity (Wildman–Crippen MR) is 79.4 cm³/mol. The van der Waals surface area contributed by atoms with Gasteiger partial charge in [0.1, 0.15) is 10.8 Å². The third-order valence-corrected chi connectivity index (χ3v) is 4.04. The Labute approximate surface area is 123 Å². The minimum atomic E-state index is -3.49. The van der Waals surface area contributed by atoms with Gasteiger partial charge in [-0.25, -0.2) is 17.5 Å². The van der Waals surface area contributed by atoms with E-state index in [0.29, 0.717) is 12.2 Å². The molecule has 5 nitrogen and oxygen atoms in total. The van der Waals surface area contributed by atoms with E-state index < -0.39 is 15.8 Å². The van der Waals surface area contributed by atoms with Crippen molar-refractivity contribution in [3.05, 3.63) is 35.1 Å². The Kier molecular flexibility index (Phi) is 6.47. The van der Waals surface area contributed by atoms with E-state index in [-0.39, 0.29) is 29.5 Å². The van der Waals surface area contributed by atoms with Gasteiger partial charge in [-0.3, -0.25) is 0 Å². The zero-order chi connectivity index (χ0) is 15.2. The highest BCUT2D eigenvalue weighted by Gasteiger charge is 2.12. The molecule has 1 aromatic carbocycles. The number of ether oxygens (including phenoxy) is 1. The molecule has 0 aromatic heterocycles. The normalized spacial score (nSPS) is 11.5. The minimum absolute atomic E-state index is 0.0905. The lowest BCUT2D eigenvalue weighted by atomic mass is 10.1. The van der Waals surface area contributed by atoms with E-state index in [0.717, 1.165) is 0 Å². The topological polar surface area (TPSA) is 81.4 Å². The molecule has 0 bridgehead atoms. The first-order chi connectivity index (χ1) is 9.35. The molecule has 0 heterocycles. The highest BCUT2D eigenvalue weighted by Crippen LogP contribution is 2.10. The molecule has 0 atom stereocenters. The SMILES string of the molecule is CCOCCS(=O)(=O)NCc1ccc(C(N)=S)cc1F. The van der Waals surface area contributed by atoms with Gasteiger partial charge in [-0.05, 0) is 13.0 Å². The molecule has 0 aliphatic heterocycles. The average molecular weight is 320 g/mol. The smallest absolute Gasteiger partial charge is 0.214 e. The van der Waals surface area contributed by atoms with Crippen LogP contribution in [0.4, 0.5) is 4.39 Å². The maximum Gasteiger partial charge on any atom is 0.214 e. The second kappa shape index (κ2) is 7.63. The van der Waals surface area contributed by atoms with Crippen LogP contribution < -0.4 is 10.5 Å². The van der Waals surface area contributed by atoms with Gasteiger partial charge in [0.15, 0.2) is 0 Å². The van der Waals surface area contributed by atoms with Gasteiger partial charge in [0.05, 0.1) is 12.4 Å². The van der Waals surface area contributed by atoms with Gasteiger partial charge in [0.2, 0.25) is 10.0 Å². The van der Waals surface area contributed by atoms with Gasteiger partial charge >= 0.3 is 0 Å². The highest BCUT2D eigenvalue weighted by molar-refractivity contribution is 7.89. The molecule has 0 fully saturated rings.